The number of aromatic nitrogens is 3. The third kappa shape index (κ3) is 2.60. The third-order valence-electron chi connectivity index (χ3n) is 3.13. The molecule has 0 aliphatic rings. The van der Waals surface area contributed by atoms with Crippen LogP contribution in [0.2, 0.25) is 0 Å². The molecule has 0 aliphatic heterocycles. The third-order valence-corrected chi connectivity index (χ3v) is 4.43. The fourth-order valence-corrected chi connectivity index (χ4v) is 3.11. The zero-order valence-electron chi connectivity index (χ0n) is 12.0. The fourth-order valence-electron chi connectivity index (χ4n) is 2.01. The molecule has 1 N–H and O–H groups in total. The molecular weight excluding hydrogens is 304 g/mol. The second kappa shape index (κ2) is 5.30. The van der Waals surface area contributed by atoms with Gasteiger partial charge in [0.15, 0.2) is 5.76 Å². The molecule has 2 heterocycles. The van der Waals surface area contributed by atoms with Gasteiger partial charge in [-0.15, -0.1) is 0 Å². The summed E-state index contributed by atoms with van der Waals surface area (Å²) in [7, 11) is -2.10. The Bertz CT molecular complexity index is 897. The van der Waals surface area contributed by atoms with Crippen LogP contribution in [-0.4, -0.2) is 23.4 Å². The zero-order valence-corrected chi connectivity index (χ0v) is 12.8. The van der Waals surface area contributed by atoms with Crippen molar-refractivity contribution in [3.05, 3.63) is 48.4 Å². The average Bonchev–Trinajstić information content (AvgIpc) is 3.08. The largest absolute Gasteiger partial charge is 0.354 e. The van der Waals surface area contributed by atoms with Gasteiger partial charge in [0.1, 0.15) is 16.3 Å². The zero-order chi connectivity index (χ0) is 15.7. The number of nitrogens with zero attached hydrogens (tertiary/aromatic N) is 3. The van der Waals surface area contributed by atoms with E-state index in [9.17, 15) is 8.42 Å². The molecule has 0 amide bonds. The van der Waals surface area contributed by atoms with Gasteiger partial charge in [-0.05, 0) is 6.92 Å². The van der Waals surface area contributed by atoms with Gasteiger partial charge in [0.05, 0.1) is 6.20 Å². The predicted molar refractivity (Wildman–Crippen MR) is 80.7 cm³/mol. The molecule has 2 aromatic heterocycles. The maximum absolute atomic E-state index is 12.4. The number of anilines is 1. The van der Waals surface area contributed by atoms with Crippen molar-refractivity contribution >= 4 is 15.7 Å². The Morgan fingerprint density at radius 2 is 1.95 bits per heavy atom. The number of rotatable bonds is 4. The Kier molecular flexibility index (Phi) is 3.45. The Balaban J connectivity index is 2.02. The van der Waals surface area contributed by atoms with Crippen LogP contribution in [0.15, 0.2) is 52.1 Å². The summed E-state index contributed by atoms with van der Waals surface area (Å²) < 4.78 is 34.0. The van der Waals surface area contributed by atoms with Crippen molar-refractivity contribution in [1.82, 2.24) is 14.9 Å². The quantitative estimate of drug-likeness (QED) is 0.796. The van der Waals surface area contributed by atoms with Crippen molar-refractivity contribution in [2.24, 2.45) is 7.05 Å². The molecule has 0 atom stereocenters. The summed E-state index contributed by atoms with van der Waals surface area (Å²) >= 11 is 0. The maximum atomic E-state index is 12.4. The molecule has 0 bridgehead atoms. The number of aryl methyl sites for hydroxylation is 2. The Hall–Kier alpha value is -2.61. The van der Waals surface area contributed by atoms with Gasteiger partial charge in [0, 0.05) is 18.8 Å². The molecule has 7 nitrogen and oxygen atoms in total. The molecule has 0 aliphatic carbocycles. The number of nitrogens with one attached hydrogen (secondary N) is 1. The highest BCUT2D eigenvalue weighted by Gasteiger charge is 2.23. The van der Waals surface area contributed by atoms with E-state index < -0.39 is 10.0 Å². The SMILES string of the molecule is Cc1noc(-c2ccccc2)c1NS(=O)(=O)c1cnn(C)c1. The van der Waals surface area contributed by atoms with Gasteiger partial charge in [-0.25, -0.2) is 8.42 Å². The van der Waals surface area contributed by atoms with Crippen LogP contribution in [0.4, 0.5) is 5.69 Å². The van der Waals surface area contributed by atoms with Crippen LogP contribution in [0.1, 0.15) is 5.69 Å². The van der Waals surface area contributed by atoms with Crippen molar-refractivity contribution in [2.75, 3.05) is 4.72 Å². The van der Waals surface area contributed by atoms with E-state index in [0.717, 1.165) is 5.56 Å². The highest BCUT2D eigenvalue weighted by atomic mass is 32.2. The van der Waals surface area contributed by atoms with Gasteiger partial charge in [-0.1, -0.05) is 35.5 Å². The first-order valence-corrected chi connectivity index (χ1v) is 7.99. The van der Waals surface area contributed by atoms with Gasteiger partial charge < -0.3 is 4.52 Å². The van der Waals surface area contributed by atoms with E-state index in [1.807, 2.05) is 30.3 Å². The van der Waals surface area contributed by atoms with Crippen molar-refractivity contribution < 1.29 is 12.9 Å². The highest BCUT2D eigenvalue weighted by Crippen LogP contribution is 2.32. The smallest absolute Gasteiger partial charge is 0.265 e. The van der Waals surface area contributed by atoms with Crippen LogP contribution in [0, 0.1) is 6.92 Å². The highest BCUT2D eigenvalue weighted by molar-refractivity contribution is 7.92. The van der Waals surface area contributed by atoms with Crippen LogP contribution < -0.4 is 4.72 Å². The number of benzene rings is 1. The number of hydrogen-bond donors (Lipinski definition) is 1. The topological polar surface area (TPSA) is 90.0 Å². The van der Waals surface area contributed by atoms with Crippen LogP contribution in [-0.2, 0) is 17.1 Å². The Morgan fingerprint density at radius 1 is 1.23 bits per heavy atom. The minimum atomic E-state index is -3.75. The second-order valence-electron chi connectivity index (χ2n) is 4.79. The first kappa shape index (κ1) is 14.3. The molecule has 8 heteroatoms. The average molecular weight is 318 g/mol. The van der Waals surface area contributed by atoms with Crippen LogP contribution >= 0.6 is 0 Å². The lowest BCUT2D eigenvalue weighted by Crippen LogP contribution is -2.13. The lowest BCUT2D eigenvalue weighted by molar-refractivity contribution is 0.427. The lowest BCUT2D eigenvalue weighted by atomic mass is 10.1. The lowest BCUT2D eigenvalue weighted by Gasteiger charge is -2.06. The molecule has 3 rings (SSSR count). The molecule has 22 heavy (non-hydrogen) atoms. The monoisotopic (exact) mass is 318 g/mol. The summed E-state index contributed by atoms with van der Waals surface area (Å²) in [5.41, 5.74) is 1.54. The molecule has 3 aromatic rings. The van der Waals surface area contributed by atoms with E-state index in [0.29, 0.717) is 17.1 Å². The van der Waals surface area contributed by atoms with Gasteiger partial charge in [0.25, 0.3) is 10.0 Å². The van der Waals surface area contributed by atoms with Crippen molar-refractivity contribution in [2.45, 2.75) is 11.8 Å². The van der Waals surface area contributed by atoms with Crippen molar-refractivity contribution in [3.63, 3.8) is 0 Å². The summed E-state index contributed by atoms with van der Waals surface area (Å²) in [6.07, 6.45) is 2.71. The van der Waals surface area contributed by atoms with Gasteiger partial charge in [-0.3, -0.25) is 9.40 Å². The van der Waals surface area contributed by atoms with Gasteiger partial charge >= 0.3 is 0 Å². The molecule has 0 radical (unpaired) electrons. The molecule has 0 fully saturated rings. The molecular formula is C14H14N4O3S. The van der Waals surface area contributed by atoms with Gasteiger partial charge in [-0.2, -0.15) is 5.10 Å². The van der Waals surface area contributed by atoms with E-state index in [1.54, 1.807) is 14.0 Å². The summed E-state index contributed by atoms with van der Waals surface area (Å²) in [5, 5.41) is 7.73. The number of sulfonamides is 1. The van der Waals surface area contributed by atoms with Crippen LogP contribution in [0.3, 0.4) is 0 Å². The van der Waals surface area contributed by atoms with E-state index in [4.69, 9.17) is 4.52 Å². The van der Waals surface area contributed by atoms with E-state index in [1.165, 1.54) is 17.1 Å². The summed E-state index contributed by atoms with van der Waals surface area (Å²) in [5.74, 6) is 0.380. The van der Waals surface area contributed by atoms with E-state index in [2.05, 4.69) is 15.0 Å². The molecule has 114 valence electrons. The van der Waals surface area contributed by atoms with Gasteiger partial charge in [0.2, 0.25) is 0 Å². The predicted octanol–water partition coefficient (Wildman–Crippen LogP) is 2.18. The Labute approximate surface area is 127 Å². The number of hydrogen-bond acceptors (Lipinski definition) is 5. The van der Waals surface area contributed by atoms with Crippen molar-refractivity contribution in [3.8, 4) is 11.3 Å². The fraction of sp³-hybridized carbons (Fsp3) is 0.143. The van der Waals surface area contributed by atoms with E-state index >= 15 is 0 Å². The molecule has 0 saturated heterocycles. The standard InChI is InChI=1S/C14H14N4O3S/c1-10-13(14(21-16-10)11-6-4-3-5-7-11)17-22(19,20)12-8-15-18(2)9-12/h3-9,17H,1-2H3. The van der Waals surface area contributed by atoms with E-state index in [-0.39, 0.29) is 4.90 Å². The second-order valence-corrected chi connectivity index (χ2v) is 6.48. The van der Waals surface area contributed by atoms with Crippen LogP contribution in [0.5, 0.6) is 0 Å². The van der Waals surface area contributed by atoms with Crippen LogP contribution in [0.25, 0.3) is 11.3 Å². The normalized spacial score (nSPS) is 11.5. The minimum absolute atomic E-state index is 0.0783. The molecule has 0 unspecified atom stereocenters. The molecule has 0 saturated carbocycles. The van der Waals surface area contributed by atoms with Crippen molar-refractivity contribution in [1.29, 1.82) is 0 Å². The molecule has 1 aromatic carbocycles. The summed E-state index contributed by atoms with van der Waals surface area (Å²) in [6, 6.07) is 9.19. The minimum Gasteiger partial charge on any atom is -0.354 e. The first-order chi connectivity index (χ1) is 10.5. The maximum Gasteiger partial charge on any atom is 0.265 e. The Morgan fingerprint density at radius 3 is 2.59 bits per heavy atom. The molecule has 0 spiro atoms. The summed E-state index contributed by atoms with van der Waals surface area (Å²) in [4.78, 5) is 0.0783. The first-order valence-electron chi connectivity index (χ1n) is 6.50. The summed E-state index contributed by atoms with van der Waals surface area (Å²) in [6.45, 7) is 1.68.